The second-order valence-electron chi connectivity index (χ2n) is 3.25. The predicted octanol–water partition coefficient (Wildman–Crippen LogP) is 1.15. The Hall–Kier alpha value is -1.82. The molecule has 2 aromatic heterocycles. The molecule has 16 heavy (non-hydrogen) atoms. The van der Waals surface area contributed by atoms with Gasteiger partial charge in [-0.1, -0.05) is 0 Å². The van der Waals surface area contributed by atoms with E-state index in [-0.39, 0.29) is 0 Å². The normalized spacial score (nSPS) is 10.7. The molecular formula is C10H13N3O3. The maximum absolute atomic E-state index is 5.52. The molecule has 0 amide bonds. The summed E-state index contributed by atoms with van der Waals surface area (Å²) in [6.45, 7) is 2.29. The monoisotopic (exact) mass is 223 g/mol. The first kappa shape index (κ1) is 10.7. The van der Waals surface area contributed by atoms with Crippen molar-refractivity contribution in [2.75, 3.05) is 13.7 Å². The van der Waals surface area contributed by atoms with Crippen molar-refractivity contribution in [1.29, 1.82) is 0 Å². The average Bonchev–Trinajstić information content (AvgIpc) is 2.84. The van der Waals surface area contributed by atoms with Crippen molar-refractivity contribution < 1.29 is 13.6 Å². The molecule has 0 aliphatic heterocycles. The van der Waals surface area contributed by atoms with Crippen LogP contribution in [0.25, 0.3) is 11.5 Å². The smallest absolute Gasteiger partial charge is 0.264 e. The highest BCUT2D eigenvalue weighted by Crippen LogP contribution is 2.32. The van der Waals surface area contributed by atoms with Crippen LogP contribution in [0, 0.1) is 6.92 Å². The summed E-state index contributed by atoms with van der Waals surface area (Å²) < 4.78 is 15.9. The van der Waals surface area contributed by atoms with Gasteiger partial charge in [0.15, 0.2) is 18.0 Å². The average molecular weight is 223 g/mol. The van der Waals surface area contributed by atoms with Gasteiger partial charge in [0.25, 0.3) is 5.88 Å². The van der Waals surface area contributed by atoms with Crippen molar-refractivity contribution in [1.82, 2.24) is 9.97 Å². The fourth-order valence-electron chi connectivity index (χ4n) is 1.38. The third-order valence-electron chi connectivity index (χ3n) is 2.14. The van der Waals surface area contributed by atoms with Gasteiger partial charge in [-0.05, 0) is 6.92 Å². The Labute approximate surface area is 92.4 Å². The van der Waals surface area contributed by atoms with Crippen LogP contribution in [0.15, 0.2) is 15.2 Å². The molecule has 86 valence electrons. The van der Waals surface area contributed by atoms with Gasteiger partial charge in [0.1, 0.15) is 0 Å². The zero-order chi connectivity index (χ0) is 11.5. The minimum absolute atomic E-state index is 0.392. The third-order valence-corrected chi connectivity index (χ3v) is 2.14. The molecule has 0 saturated heterocycles. The number of ether oxygens (including phenoxy) is 1. The van der Waals surface area contributed by atoms with Gasteiger partial charge in [-0.2, -0.15) is 4.98 Å². The summed E-state index contributed by atoms with van der Waals surface area (Å²) in [6, 6.07) is 0. The number of aryl methyl sites for hydroxylation is 1. The molecule has 0 radical (unpaired) electrons. The van der Waals surface area contributed by atoms with Crippen molar-refractivity contribution in [3.05, 3.63) is 18.0 Å². The molecule has 0 fully saturated rings. The topological polar surface area (TPSA) is 87.3 Å². The van der Waals surface area contributed by atoms with E-state index in [1.54, 1.807) is 0 Å². The van der Waals surface area contributed by atoms with Gasteiger partial charge < -0.3 is 19.3 Å². The van der Waals surface area contributed by atoms with Crippen LogP contribution >= 0.6 is 0 Å². The van der Waals surface area contributed by atoms with Gasteiger partial charge in [0, 0.05) is 13.0 Å². The summed E-state index contributed by atoms with van der Waals surface area (Å²) in [6.07, 6.45) is 1.92. The standard InChI is InChI=1S/C10H13N3O3/c1-6-8(15-5-12-6)9-10(14-2)13-7(16-9)3-4-11/h5H,3-4,11H2,1-2H3. The van der Waals surface area contributed by atoms with Gasteiger partial charge >= 0.3 is 0 Å². The first-order valence-electron chi connectivity index (χ1n) is 4.90. The number of oxazole rings is 2. The fraction of sp³-hybridized carbons (Fsp3) is 0.400. The third kappa shape index (κ3) is 1.79. The number of hydrogen-bond donors (Lipinski definition) is 1. The van der Waals surface area contributed by atoms with E-state index in [1.807, 2.05) is 6.92 Å². The van der Waals surface area contributed by atoms with Crippen molar-refractivity contribution in [3.63, 3.8) is 0 Å². The Kier molecular flexibility index (Phi) is 2.91. The van der Waals surface area contributed by atoms with Crippen LogP contribution < -0.4 is 10.5 Å². The second kappa shape index (κ2) is 4.36. The Balaban J connectivity index is 2.43. The molecule has 0 aliphatic carbocycles. The molecule has 2 rings (SSSR count). The van der Waals surface area contributed by atoms with Crippen LogP contribution in [0.4, 0.5) is 0 Å². The van der Waals surface area contributed by atoms with E-state index in [4.69, 9.17) is 19.3 Å². The van der Waals surface area contributed by atoms with Crippen LogP contribution in [0.5, 0.6) is 5.88 Å². The highest BCUT2D eigenvalue weighted by atomic mass is 16.5. The van der Waals surface area contributed by atoms with Crippen LogP contribution in [-0.4, -0.2) is 23.6 Å². The molecular weight excluding hydrogens is 210 g/mol. The Morgan fingerprint density at radius 1 is 1.44 bits per heavy atom. The van der Waals surface area contributed by atoms with Crippen molar-refractivity contribution >= 4 is 0 Å². The van der Waals surface area contributed by atoms with Gasteiger partial charge in [-0.15, -0.1) is 0 Å². The Morgan fingerprint density at radius 3 is 2.81 bits per heavy atom. The highest BCUT2D eigenvalue weighted by Gasteiger charge is 2.20. The number of aromatic nitrogens is 2. The molecule has 0 aromatic carbocycles. The van der Waals surface area contributed by atoms with E-state index in [2.05, 4.69) is 9.97 Å². The lowest BCUT2D eigenvalue weighted by Crippen LogP contribution is -2.02. The molecule has 0 spiro atoms. The quantitative estimate of drug-likeness (QED) is 0.836. The Morgan fingerprint density at radius 2 is 2.25 bits per heavy atom. The molecule has 6 heteroatoms. The van der Waals surface area contributed by atoms with E-state index in [0.717, 1.165) is 5.69 Å². The highest BCUT2D eigenvalue weighted by molar-refractivity contribution is 5.58. The maximum Gasteiger partial charge on any atom is 0.264 e. The van der Waals surface area contributed by atoms with Gasteiger partial charge in [-0.25, -0.2) is 4.98 Å². The summed E-state index contributed by atoms with van der Waals surface area (Å²) in [5.41, 5.74) is 6.16. The zero-order valence-corrected chi connectivity index (χ0v) is 9.19. The van der Waals surface area contributed by atoms with Gasteiger partial charge in [-0.3, -0.25) is 0 Å². The summed E-state index contributed by atoms with van der Waals surface area (Å²) >= 11 is 0. The molecule has 2 heterocycles. The molecule has 6 nitrogen and oxygen atoms in total. The zero-order valence-electron chi connectivity index (χ0n) is 9.19. The summed E-state index contributed by atoms with van der Waals surface area (Å²) in [7, 11) is 1.53. The number of nitrogens with two attached hydrogens (primary N) is 1. The van der Waals surface area contributed by atoms with Gasteiger partial charge in [0.2, 0.25) is 5.76 Å². The summed E-state index contributed by atoms with van der Waals surface area (Å²) in [4.78, 5) is 8.15. The van der Waals surface area contributed by atoms with Crippen LogP contribution in [0.1, 0.15) is 11.6 Å². The second-order valence-corrected chi connectivity index (χ2v) is 3.25. The van der Waals surface area contributed by atoms with E-state index in [9.17, 15) is 0 Å². The first-order chi connectivity index (χ1) is 7.76. The Bertz CT molecular complexity index is 475. The van der Waals surface area contributed by atoms with Crippen molar-refractivity contribution in [3.8, 4) is 17.4 Å². The number of methoxy groups -OCH3 is 1. The molecule has 0 saturated carbocycles. The number of rotatable bonds is 4. The van der Waals surface area contributed by atoms with Crippen LogP contribution in [0.3, 0.4) is 0 Å². The largest absolute Gasteiger partial charge is 0.478 e. The van der Waals surface area contributed by atoms with Gasteiger partial charge in [0.05, 0.1) is 12.8 Å². The molecule has 0 aliphatic rings. The van der Waals surface area contributed by atoms with E-state index in [0.29, 0.717) is 36.3 Å². The van der Waals surface area contributed by atoms with Crippen LogP contribution in [-0.2, 0) is 6.42 Å². The fourth-order valence-corrected chi connectivity index (χ4v) is 1.38. The lowest BCUT2D eigenvalue weighted by molar-refractivity contribution is 0.395. The van der Waals surface area contributed by atoms with E-state index < -0.39 is 0 Å². The summed E-state index contributed by atoms with van der Waals surface area (Å²) in [5, 5.41) is 0. The lowest BCUT2D eigenvalue weighted by Gasteiger charge is -1.95. The summed E-state index contributed by atoms with van der Waals surface area (Å²) in [5.74, 6) is 1.92. The minimum Gasteiger partial charge on any atom is -0.478 e. The number of nitrogens with zero attached hydrogens (tertiary/aromatic N) is 2. The minimum atomic E-state index is 0.392. The lowest BCUT2D eigenvalue weighted by atomic mass is 10.3. The van der Waals surface area contributed by atoms with Crippen molar-refractivity contribution in [2.24, 2.45) is 5.73 Å². The number of hydrogen-bond acceptors (Lipinski definition) is 6. The predicted molar refractivity (Wildman–Crippen MR) is 56.0 cm³/mol. The molecule has 2 aromatic rings. The van der Waals surface area contributed by atoms with Crippen LogP contribution in [0.2, 0.25) is 0 Å². The van der Waals surface area contributed by atoms with E-state index in [1.165, 1.54) is 13.5 Å². The molecule has 0 atom stereocenters. The first-order valence-corrected chi connectivity index (χ1v) is 4.90. The van der Waals surface area contributed by atoms with E-state index >= 15 is 0 Å². The molecule has 2 N–H and O–H groups in total. The molecule has 0 bridgehead atoms. The molecule has 0 unspecified atom stereocenters. The SMILES string of the molecule is COc1nc(CCN)oc1-c1ocnc1C. The maximum atomic E-state index is 5.52. The van der Waals surface area contributed by atoms with Crippen molar-refractivity contribution in [2.45, 2.75) is 13.3 Å².